The Kier molecular flexibility index (Phi) is 16.3. The molecule has 0 radical (unpaired) electrons. The SMILES string of the molecule is CC(=O)OC[C@H]1O[C@@H](N2C(=O)/C(=C/c3ccccc3)N=C2S[C@@H]2O[C@H](COC(C)=O)[C@@H](OC(C)=O)[C@H](OC(C)=O)[C@H]2OC(C)=O)[C@H](OC(C)=O)[C@@H](OC(C)=O)[C@@H]1OC(C)=O. The number of esters is 8. The molecule has 4 rings (SSSR count). The van der Waals surface area contributed by atoms with Crippen LogP contribution in [-0.2, 0) is 90.5 Å². The summed E-state index contributed by atoms with van der Waals surface area (Å²) in [6.07, 6.45) is -13.0. The second-order valence-corrected chi connectivity index (χ2v) is 14.4. The normalized spacial score (nSPS) is 28.1. The highest BCUT2D eigenvalue weighted by molar-refractivity contribution is 8.14. The third kappa shape index (κ3) is 12.6. The van der Waals surface area contributed by atoms with Gasteiger partial charge in [0.1, 0.15) is 31.1 Å². The third-order valence-electron chi connectivity index (χ3n) is 8.35. The fraction of sp³-hybridized carbons (Fsp3) is 0.526. The summed E-state index contributed by atoms with van der Waals surface area (Å²) in [5.41, 5.74) is -1.26. The van der Waals surface area contributed by atoms with Crippen LogP contribution in [0.2, 0.25) is 0 Å². The van der Waals surface area contributed by atoms with E-state index >= 15 is 0 Å². The molecule has 22 heteroatoms. The molecule has 0 aromatic heterocycles. The van der Waals surface area contributed by atoms with Crippen molar-refractivity contribution < 1.29 is 90.5 Å². The second-order valence-electron chi connectivity index (χ2n) is 13.3. The molecule has 2 saturated heterocycles. The summed E-state index contributed by atoms with van der Waals surface area (Å²) in [6.45, 7) is 7.22. The van der Waals surface area contributed by atoms with Gasteiger partial charge in [-0.2, -0.15) is 0 Å². The number of rotatable bonds is 13. The van der Waals surface area contributed by atoms with Crippen molar-refractivity contribution in [2.75, 3.05) is 13.2 Å². The van der Waals surface area contributed by atoms with Gasteiger partial charge in [0.25, 0.3) is 5.91 Å². The maximum atomic E-state index is 14.7. The number of benzene rings is 1. The average Bonchev–Trinajstić information content (AvgIpc) is 3.43. The maximum absolute atomic E-state index is 14.7. The van der Waals surface area contributed by atoms with Crippen LogP contribution in [0.15, 0.2) is 41.0 Å². The number of carbonyl (C=O) groups excluding carboxylic acids is 9. The fourth-order valence-electron chi connectivity index (χ4n) is 6.32. The largest absolute Gasteiger partial charge is 0.463 e. The van der Waals surface area contributed by atoms with E-state index in [1.807, 2.05) is 0 Å². The Bertz CT molecular complexity index is 1900. The first-order valence-electron chi connectivity index (χ1n) is 18.2. The van der Waals surface area contributed by atoms with E-state index in [4.69, 9.17) is 47.4 Å². The maximum Gasteiger partial charge on any atom is 0.303 e. The second kappa shape index (κ2) is 20.9. The molecule has 21 nitrogen and oxygen atoms in total. The molecule has 326 valence electrons. The lowest BCUT2D eigenvalue weighted by Gasteiger charge is -2.47. The Balaban J connectivity index is 1.94. The summed E-state index contributed by atoms with van der Waals surface area (Å²) in [7, 11) is 0. The van der Waals surface area contributed by atoms with E-state index in [1.165, 1.54) is 6.08 Å². The molecule has 10 atom stereocenters. The van der Waals surface area contributed by atoms with Crippen molar-refractivity contribution in [3.63, 3.8) is 0 Å². The van der Waals surface area contributed by atoms with Gasteiger partial charge in [-0.1, -0.05) is 42.1 Å². The van der Waals surface area contributed by atoms with Gasteiger partial charge in [0.05, 0.1) is 0 Å². The minimum Gasteiger partial charge on any atom is -0.463 e. The van der Waals surface area contributed by atoms with Crippen LogP contribution in [-0.4, -0.2) is 137 Å². The van der Waals surface area contributed by atoms with Gasteiger partial charge < -0.3 is 47.4 Å². The molecule has 2 fully saturated rings. The van der Waals surface area contributed by atoms with Crippen molar-refractivity contribution in [1.29, 1.82) is 0 Å². The van der Waals surface area contributed by atoms with Crippen molar-refractivity contribution in [2.45, 2.75) is 116 Å². The van der Waals surface area contributed by atoms with Crippen LogP contribution in [0.1, 0.15) is 61.0 Å². The summed E-state index contributed by atoms with van der Waals surface area (Å²) in [5.74, 6) is -7.88. The van der Waals surface area contributed by atoms with Gasteiger partial charge in [-0.15, -0.1) is 0 Å². The zero-order valence-corrected chi connectivity index (χ0v) is 34.5. The quantitative estimate of drug-likeness (QED) is 0.153. The minimum atomic E-state index is -1.81. The number of amidine groups is 1. The summed E-state index contributed by atoms with van der Waals surface area (Å²) in [4.78, 5) is 119. The molecule has 1 aromatic rings. The number of thioether (sulfide) groups is 1. The van der Waals surface area contributed by atoms with Gasteiger partial charge in [-0.05, 0) is 11.6 Å². The van der Waals surface area contributed by atoms with Gasteiger partial charge in [0.15, 0.2) is 53.5 Å². The minimum absolute atomic E-state index is 0.234. The number of amides is 1. The van der Waals surface area contributed by atoms with E-state index in [1.54, 1.807) is 30.3 Å². The number of ether oxygens (including phenoxy) is 10. The van der Waals surface area contributed by atoms with E-state index in [2.05, 4.69) is 4.99 Å². The lowest BCUT2D eigenvalue weighted by Crippen LogP contribution is -2.67. The van der Waals surface area contributed by atoms with Crippen LogP contribution in [0.3, 0.4) is 0 Å². The van der Waals surface area contributed by atoms with Crippen LogP contribution < -0.4 is 0 Å². The molecular formula is C38H44N2O19S. The molecule has 0 spiro atoms. The molecule has 1 amide bonds. The number of carbonyl (C=O) groups is 9. The number of hydrogen-bond donors (Lipinski definition) is 0. The summed E-state index contributed by atoms with van der Waals surface area (Å²) in [6, 6.07) is 8.45. The van der Waals surface area contributed by atoms with Crippen LogP contribution >= 0.6 is 11.8 Å². The lowest BCUT2D eigenvalue weighted by molar-refractivity contribution is -0.268. The molecule has 60 heavy (non-hydrogen) atoms. The monoisotopic (exact) mass is 864 g/mol. The summed E-state index contributed by atoms with van der Waals surface area (Å²) in [5, 5.41) is -0.302. The van der Waals surface area contributed by atoms with Gasteiger partial charge >= 0.3 is 47.8 Å². The van der Waals surface area contributed by atoms with Crippen molar-refractivity contribution in [2.24, 2.45) is 4.99 Å². The topological polar surface area (TPSA) is 262 Å². The van der Waals surface area contributed by atoms with E-state index < -0.39 is 127 Å². The van der Waals surface area contributed by atoms with E-state index in [0.29, 0.717) is 17.3 Å². The Hall–Kier alpha value is -5.87. The molecule has 0 saturated carbocycles. The summed E-state index contributed by atoms with van der Waals surface area (Å²) >= 11 is 0.598. The number of nitrogens with zero attached hydrogens (tertiary/aromatic N) is 2. The van der Waals surface area contributed by atoms with Crippen molar-refractivity contribution >= 4 is 76.7 Å². The summed E-state index contributed by atoms with van der Waals surface area (Å²) < 4.78 is 56.3. The van der Waals surface area contributed by atoms with E-state index in [-0.39, 0.29) is 10.9 Å². The molecule has 0 aliphatic carbocycles. The zero-order chi connectivity index (χ0) is 44.4. The molecule has 3 heterocycles. The van der Waals surface area contributed by atoms with Gasteiger partial charge in [-0.3, -0.25) is 48.1 Å². The Labute approximate surface area is 347 Å². The van der Waals surface area contributed by atoms with E-state index in [0.717, 1.165) is 60.3 Å². The number of hydrogen-bond acceptors (Lipinski definition) is 21. The molecular weight excluding hydrogens is 820 g/mol. The predicted molar refractivity (Wildman–Crippen MR) is 200 cm³/mol. The third-order valence-corrected chi connectivity index (χ3v) is 9.46. The molecule has 0 bridgehead atoms. The number of aliphatic imine (C=N–C) groups is 1. The smallest absolute Gasteiger partial charge is 0.303 e. The van der Waals surface area contributed by atoms with Crippen molar-refractivity contribution in [3.05, 3.63) is 41.6 Å². The van der Waals surface area contributed by atoms with E-state index in [9.17, 15) is 43.2 Å². The standard InChI is InChI=1S/C38H44N2O19S/c1-17(41)50-15-27-29(52-19(3)43)31(54-21(5)45)33(56-23(7)47)36(58-27)40-35(49)26(14-25-12-10-9-11-13-25)39-38(40)60-37-34(57-24(8)48)32(55-22(6)46)30(53-20(4)44)28(59-37)16-51-18(2)42/h9-14,27-34,36-37H,15-16H2,1-8H3/b26-14-/t27-,28-,29-,30-,31+,32+,33-,34-,36-,37+/m1/s1. The highest BCUT2D eigenvalue weighted by atomic mass is 32.2. The molecule has 0 N–H and O–H groups in total. The predicted octanol–water partition coefficient (Wildman–Crippen LogP) is 1.13. The van der Waals surface area contributed by atoms with Gasteiger partial charge in [0.2, 0.25) is 0 Å². The first-order valence-corrected chi connectivity index (χ1v) is 19.1. The van der Waals surface area contributed by atoms with Crippen molar-refractivity contribution in [1.82, 2.24) is 4.90 Å². The van der Waals surface area contributed by atoms with Gasteiger partial charge in [-0.25, -0.2) is 4.99 Å². The first kappa shape index (κ1) is 46.8. The Morgan fingerprint density at radius 3 is 1.47 bits per heavy atom. The average molecular weight is 865 g/mol. The lowest BCUT2D eigenvalue weighted by atomic mass is 9.96. The molecule has 3 aliphatic heterocycles. The highest BCUT2D eigenvalue weighted by Crippen LogP contribution is 2.40. The van der Waals surface area contributed by atoms with Crippen LogP contribution in [0.4, 0.5) is 0 Å². The van der Waals surface area contributed by atoms with Crippen LogP contribution in [0.25, 0.3) is 6.08 Å². The van der Waals surface area contributed by atoms with Crippen molar-refractivity contribution in [3.8, 4) is 0 Å². The zero-order valence-electron chi connectivity index (χ0n) is 33.7. The van der Waals surface area contributed by atoms with Crippen LogP contribution in [0, 0.1) is 0 Å². The molecule has 3 aliphatic rings. The molecule has 0 unspecified atom stereocenters. The Morgan fingerprint density at radius 1 is 0.583 bits per heavy atom. The van der Waals surface area contributed by atoms with Crippen LogP contribution in [0.5, 0.6) is 0 Å². The van der Waals surface area contributed by atoms with Gasteiger partial charge in [0, 0.05) is 55.4 Å². The highest BCUT2D eigenvalue weighted by Gasteiger charge is 2.58. The fourth-order valence-corrected chi connectivity index (χ4v) is 7.53. The Morgan fingerprint density at radius 2 is 1.00 bits per heavy atom. The molecule has 1 aromatic carbocycles. The first-order chi connectivity index (χ1) is 28.2.